The minimum absolute atomic E-state index is 0.0759. The van der Waals surface area contributed by atoms with E-state index in [0.717, 1.165) is 14.6 Å². The third kappa shape index (κ3) is 10.5. The predicted octanol–water partition coefficient (Wildman–Crippen LogP) is 7.62. The molecule has 0 spiro atoms. The molecule has 0 radical (unpaired) electrons. The van der Waals surface area contributed by atoms with Gasteiger partial charge in [0.15, 0.2) is 0 Å². The monoisotopic (exact) mass is 995 g/mol. The second-order valence-electron chi connectivity index (χ2n) is 17.2. The summed E-state index contributed by atoms with van der Waals surface area (Å²) in [6.45, 7) is 5.27. The number of carbonyl (C=O) groups is 1. The molecule has 0 unspecified atom stereocenters. The number of nitrogens with two attached hydrogens (primary N) is 1. The molecule has 2 aromatic heterocycles. The van der Waals surface area contributed by atoms with Crippen LogP contribution in [0.15, 0.2) is 108 Å². The molecule has 0 aliphatic carbocycles. The number of anilines is 1. The van der Waals surface area contributed by atoms with Gasteiger partial charge in [-0.2, -0.15) is 17.5 Å². The maximum absolute atomic E-state index is 16.5. The Balaban J connectivity index is 1.43. The van der Waals surface area contributed by atoms with Crippen LogP contribution in [0.25, 0.3) is 32.7 Å². The van der Waals surface area contributed by atoms with Gasteiger partial charge in [0.1, 0.15) is 27.2 Å². The van der Waals surface area contributed by atoms with E-state index in [0.29, 0.717) is 76.0 Å². The summed E-state index contributed by atoms with van der Waals surface area (Å²) < 4.78 is 87.2. The molecule has 21 heteroatoms. The lowest BCUT2D eigenvalue weighted by molar-refractivity contribution is 0.164. The average molecular weight is 996 g/mol. The number of rotatable bonds is 17. The highest BCUT2D eigenvalue weighted by Gasteiger charge is 2.44. The summed E-state index contributed by atoms with van der Waals surface area (Å²) >= 11 is 1.39. The topological polar surface area (TPSA) is 214 Å². The lowest BCUT2D eigenvalue weighted by Gasteiger charge is -2.37. The molecule has 2 N–H and O–H groups in total. The van der Waals surface area contributed by atoms with Crippen LogP contribution in [-0.4, -0.2) is 97.3 Å². The van der Waals surface area contributed by atoms with Crippen LogP contribution < -0.4 is 24.2 Å². The summed E-state index contributed by atoms with van der Waals surface area (Å²) in [6.07, 6.45) is 0.278. The maximum atomic E-state index is 16.5. The Hall–Kier alpha value is -6.65. The molecule has 18 nitrogen and oxygen atoms in total. The Labute approximate surface area is 405 Å². The highest BCUT2D eigenvalue weighted by Crippen LogP contribution is 2.47. The third-order valence-corrected chi connectivity index (χ3v) is 15.9. The molecular formula is C48H53N9O9S3. The van der Waals surface area contributed by atoms with Crippen molar-refractivity contribution in [2.45, 2.75) is 70.2 Å². The maximum Gasteiger partial charge on any atom is 0.426 e. The second kappa shape index (κ2) is 20.1. The fraction of sp³-hybridized carbons (Fsp3) is 0.312. The highest BCUT2D eigenvalue weighted by molar-refractivity contribution is 7.90. The van der Waals surface area contributed by atoms with Gasteiger partial charge in [0.25, 0.3) is 0 Å². The molecule has 1 saturated heterocycles. The van der Waals surface area contributed by atoms with Gasteiger partial charge in [-0.1, -0.05) is 54.6 Å². The highest BCUT2D eigenvalue weighted by atomic mass is 32.2. The number of nitrogens with zero attached hydrogens (tertiary/aromatic N) is 8. The molecule has 0 bridgehead atoms. The van der Waals surface area contributed by atoms with Gasteiger partial charge in [-0.25, -0.2) is 22.5 Å². The number of amides is 1. The van der Waals surface area contributed by atoms with Crippen molar-refractivity contribution in [2.24, 2.45) is 5.73 Å². The summed E-state index contributed by atoms with van der Waals surface area (Å²) in [4.78, 5) is 20.6. The van der Waals surface area contributed by atoms with E-state index in [1.807, 2.05) is 24.3 Å². The van der Waals surface area contributed by atoms with E-state index in [2.05, 4.69) is 10.3 Å². The molecule has 3 heterocycles. The van der Waals surface area contributed by atoms with E-state index in [1.54, 1.807) is 101 Å². The molecule has 5 aromatic carbocycles. The number of methoxy groups -OCH3 is 3. The standard InChI is InChI=1S/C48H53N9O9S3/c1-48(2,3)57(69(61,62)66-47(58)54-26-7-8-27-54)40-25-24-38(39-10-9-11-41-44(39)50-42(28-49)67-41)43(46-51-53-56(52-46)31-34-16-22-37(65-6)23-17-34)45(40)68(59,60)55(29-32-12-18-35(63-4)19-13-32)30-33-14-20-36(64-5)21-15-33/h9-25H,7-8,26-31,49H2,1-6H3. The smallest absolute Gasteiger partial charge is 0.426 e. The van der Waals surface area contributed by atoms with E-state index < -0.39 is 36.9 Å². The predicted molar refractivity (Wildman–Crippen MR) is 263 cm³/mol. The Morgan fingerprint density at radius 1 is 0.754 bits per heavy atom. The zero-order valence-corrected chi connectivity index (χ0v) is 41.5. The molecule has 8 rings (SSSR count). The molecule has 1 amide bonds. The number of benzene rings is 5. The summed E-state index contributed by atoms with van der Waals surface area (Å²) in [5, 5.41) is 14.4. The van der Waals surface area contributed by atoms with Gasteiger partial charge >= 0.3 is 16.4 Å². The first-order valence-corrected chi connectivity index (χ1v) is 25.6. The molecule has 362 valence electrons. The summed E-state index contributed by atoms with van der Waals surface area (Å²) in [7, 11) is -5.43. The number of fused-ring (bicyclic) bond motifs is 1. The van der Waals surface area contributed by atoms with Gasteiger partial charge in [0.2, 0.25) is 15.8 Å². The number of ether oxygens (including phenoxy) is 3. The second-order valence-corrected chi connectivity index (χ2v) is 21.6. The van der Waals surface area contributed by atoms with Crippen molar-refractivity contribution in [3.8, 4) is 39.8 Å². The molecule has 69 heavy (non-hydrogen) atoms. The molecule has 0 saturated carbocycles. The van der Waals surface area contributed by atoms with E-state index in [-0.39, 0.29) is 43.3 Å². The van der Waals surface area contributed by atoms with Crippen molar-refractivity contribution in [1.82, 2.24) is 34.4 Å². The molecule has 1 aliphatic heterocycles. The van der Waals surface area contributed by atoms with Crippen molar-refractivity contribution >= 4 is 53.7 Å². The van der Waals surface area contributed by atoms with Gasteiger partial charge in [-0.3, -0.25) is 0 Å². The van der Waals surface area contributed by atoms with Gasteiger partial charge in [-0.15, -0.1) is 21.5 Å². The largest absolute Gasteiger partial charge is 0.497 e. The number of carbonyl (C=O) groups excluding carboxylic acids is 1. The summed E-state index contributed by atoms with van der Waals surface area (Å²) in [6, 6.07) is 29.7. The lowest BCUT2D eigenvalue weighted by atomic mass is 9.96. The Kier molecular flexibility index (Phi) is 14.2. The SMILES string of the molecule is COc1ccc(CN(Cc2ccc(OC)cc2)S(=O)(=O)c2c(N(C(C)(C)C)S(=O)(=O)OC(=O)N3CCCC3)ccc(-c3cccc4sc(CN)nc34)c2-c2nnn(Cc3ccc(OC)cc3)n2)cc1. The Morgan fingerprint density at radius 3 is 1.86 bits per heavy atom. The van der Waals surface area contributed by atoms with Crippen LogP contribution >= 0.6 is 11.3 Å². The normalized spacial score (nSPS) is 13.2. The first-order chi connectivity index (χ1) is 33.0. The van der Waals surface area contributed by atoms with Crippen molar-refractivity contribution in [2.75, 3.05) is 38.7 Å². The molecule has 0 atom stereocenters. The number of para-hydroxylation sites is 1. The lowest BCUT2D eigenvalue weighted by Crippen LogP contribution is -2.49. The van der Waals surface area contributed by atoms with Gasteiger partial charge in [-0.05, 0) is 110 Å². The van der Waals surface area contributed by atoms with Crippen LogP contribution in [0.5, 0.6) is 17.2 Å². The third-order valence-electron chi connectivity index (χ3n) is 11.5. The van der Waals surface area contributed by atoms with Crippen LogP contribution in [0, 0.1) is 0 Å². The number of likely N-dealkylation sites (tertiary alicyclic amines) is 1. The number of hydrogen-bond donors (Lipinski definition) is 1. The van der Waals surface area contributed by atoms with Gasteiger partial charge < -0.3 is 29.0 Å². The van der Waals surface area contributed by atoms with Crippen molar-refractivity contribution in [3.63, 3.8) is 0 Å². The number of thiazole rings is 1. The number of sulfonamides is 1. The van der Waals surface area contributed by atoms with E-state index >= 15 is 8.42 Å². The molecule has 1 fully saturated rings. The van der Waals surface area contributed by atoms with Crippen LogP contribution in [0.4, 0.5) is 10.5 Å². The van der Waals surface area contributed by atoms with E-state index in [4.69, 9.17) is 34.2 Å². The fourth-order valence-electron chi connectivity index (χ4n) is 8.16. The van der Waals surface area contributed by atoms with Gasteiger partial charge in [0.05, 0.1) is 54.9 Å². The molecular weight excluding hydrogens is 943 g/mol. The van der Waals surface area contributed by atoms with E-state index in [9.17, 15) is 13.2 Å². The van der Waals surface area contributed by atoms with Crippen molar-refractivity contribution < 1.29 is 40.0 Å². The first kappa shape index (κ1) is 48.8. The fourth-order valence-corrected chi connectivity index (χ4v) is 12.3. The quantitative estimate of drug-likeness (QED) is 0.0929. The zero-order chi connectivity index (χ0) is 49.1. The number of aromatic nitrogens is 5. The number of hydrogen-bond acceptors (Lipinski definition) is 15. The number of tetrazole rings is 1. The molecule has 1 aliphatic rings. The first-order valence-electron chi connectivity index (χ1n) is 22.0. The molecule has 7 aromatic rings. The minimum atomic E-state index is -5.13. The van der Waals surface area contributed by atoms with Crippen molar-refractivity contribution in [1.29, 1.82) is 0 Å². The van der Waals surface area contributed by atoms with Crippen LogP contribution in [-0.2, 0) is 50.7 Å². The Morgan fingerprint density at radius 2 is 1.32 bits per heavy atom. The van der Waals surface area contributed by atoms with E-state index in [1.165, 1.54) is 45.6 Å². The Bertz CT molecular complexity index is 3120. The van der Waals surface area contributed by atoms with Crippen LogP contribution in [0.2, 0.25) is 0 Å². The summed E-state index contributed by atoms with van der Waals surface area (Å²) in [5.74, 6) is 1.63. The summed E-state index contributed by atoms with van der Waals surface area (Å²) in [5.41, 5.74) is 7.55. The zero-order valence-electron chi connectivity index (χ0n) is 39.0. The van der Waals surface area contributed by atoms with Gasteiger partial charge in [0, 0.05) is 38.3 Å². The van der Waals surface area contributed by atoms with Crippen LogP contribution in [0.1, 0.15) is 55.3 Å². The van der Waals surface area contributed by atoms with Crippen molar-refractivity contribution in [3.05, 3.63) is 125 Å². The average Bonchev–Trinajstić information content (AvgIpc) is 4.14. The minimum Gasteiger partial charge on any atom is -0.497 e. The van der Waals surface area contributed by atoms with Crippen LogP contribution in [0.3, 0.4) is 0 Å².